The number of hydrogen-bond acceptors (Lipinski definition) is 3. The van der Waals surface area contributed by atoms with Crippen molar-refractivity contribution in [1.82, 2.24) is 15.1 Å². The Kier molecular flexibility index (Phi) is 5.48. The molecule has 22 heavy (non-hydrogen) atoms. The van der Waals surface area contributed by atoms with Gasteiger partial charge in [-0.15, -0.1) is 0 Å². The van der Waals surface area contributed by atoms with Gasteiger partial charge >= 0.3 is 0 Å². The minimum Gasteiger partial charge on any atom is -0.358 e. The van der Waals surface area contributed by atoms with Gasteiger partial charge in [-0.05, 0) is 18.8 Å². The lowest BCUT2D eigenvalue weighted by atomic mass is 9.93. The van der Waals surface area contributed by atoms with Crippen molar-refractivity contribution in [2.24, 2.45) is 11.3 Å². The second kappa shape index (κ2) is 6.99. The number of likely N-dealkylation sites (N-methyl/N-ethyl adjacent to an activating group) is 1. The molecule has 0 radical (unpaired) electrons. The van der Waals surface area contributed by atoms with E-state index in [1.165, 1.54) is 12.8 Å². The van der Waals surface area contributed by atoms with Crippen LogP contribution < -0.4 is 5.32 Å². The van der Waals surface area contributed by atoms with E-state index in [0.29, 0.717) is 5.92 Å². The summed E-state index contributed by atoms with van der Waals surface area (Å²) >= 11 is 0. The Hall–Kier alpha value is -1.10. The summed E-state index contributed by atoms with van der Waals surface area (Å²) in [6.45, 7) is 8.97. The fraction of sp³-hybridized carbons (Fsp3) is 0.882. The Morgan fingerprint density at radius 2 is 1.59 bits per heavy atom. The first-order valence-electron chi connectivity index (χ1n) is 8.59. The molecule has 0 aromatic carbocycles. The molecule has 0 aromatic rings. The number of carbonyl (C=O) groups excluding carboxylic acids is 2. The lowest BCUT2D eigenvalue weighted by Gasteiger charge is -2.42. The van der Waals surface area contributed by atoms with Crippen molar-refractivity contribution < 1.29 is 9.59 Å². The van der Waals surface area contributed by atoms with Crippen LogP contribution in [0.2, 0.25) is 0 Å². The minimum absolute atomic E-state index is 0.0145. The minimum atomic E-state index is -0.326. The molecule has 2 rings (SSSR count). The maximum absolute atomic E-state index is 12.4. The van der Waals surface area contributed by atoms with Crippen LogP contribution in [0.1, 0.15) is 46.5 Å². The molecule has 0 bridgehead atoms. The highest BCUT2D eigenvalue weighted by atomic mass is 16.2. The fourth-order valence-electron chi connectivity index (χ4n) is 3.78. The normalized spacial score (nSPS) is 22.6. The zero-order chi connectivity index (χ0) is 16.3. The van der Waals surface area contributed by atoms with E-state index in [-0.39, 0.29) is 23.3 Å². The van der Waals surface area contributed by atoms with E-state index in [0.717, 1.165) is 39.0 Å². The van der Waals surface area contributed by atoms with Crippen LogP contribution >= 0.6 is 0 Å². The van der Waals surface area contributed by atoms with Crippen molar-refractivity contribution in [2.45, 2.75) is 52.5 Å². The van der Waals surface area contributed by atoms with Gasteiger partial charge < -0.3 is 10.2 Å². The Labute approximate surface area is 134 Å². The first-order valence-corrected chi connectivity index (χ1v) is 8.59. The van der Waals surface area contributed by atoms with Gasteiger partial charge in [0.1, 0.15) is 0 Å². The van der Waals surface area contributed by atoms with Crippen LogP contribution in [0.15, 0.2) is 0 Å². The van der Waals surface area contributed by atoms with Crippen LogP contribution in [-0.2, 0) is 9.59 Å². The van der Waals surface area contributed by atoms with Gasteiger partial charge in [-0.25, -0.2) is 0 Å². The number of nitrogens with one attached hydrogen (secondary N) is 1. The summed E-state index contributed by atoms with van der Waals surface area (Å²) in [6, 6.07) is -0.0145. The number of rotatable bonds is 3. The highest BCUT2D eigenvalue weighted by Crippen LogP contribution is 2.31. The van der Waals surface area contributed by atoms with Crippen molar-refractivity contribution in [3.05, 3.63) is 0 Å². The summed E-state index contributed by atoms with van der Waals surface area (Å²) in [5.41, 5.74) is -0.326. The van der Waals surface area contributed by atoms with Gasteiger partial charge in [0.25, 0.3) is 0 Å². The SMILES string of the molecule is CNC(=O)C(C1CCCC1)N1CCN(C(=O)C(C)(C)C)CC1. The van der Waals surface area contributed by atoms with Crippen molar-refractivity contribution >= 4 is 11.8 Å². The average molecular weight is 309 g/mol. The predicted molar refractivity (Wildman–Crippen MR) is 87.4 cm³/mol. The van der Waals surface area contributed by atoms with Gasteiger partial charge in [-0.1, -0.05) is 33.6 Å². The number of hydrogen-bond donors (Lipinski definition) is 1. The molecule has 1 aliphatic carbocycles. The molecule has 5 nitrogen and oxygen atoms in total. The van der Waals surface area contributed by atoms with Gasteiger partial charge in [0.2, 0.25) is 11.8 Å². The molecule has 1 aliphatic heterocycles. The molecule has 5 heteroatoms. The second-order valence-corrected chi connectivity index (χ2v) is 7.68. The molecule has 1 saturated carbocycles. The average Bonchev–Trinajstić information content (AvgIpc) is 3.00. The van der Waals surface area contributed by atoms with Crippen LogP contribution in [-0.4, -0.2) is 60.9 Å². The van der Waals surface area contributed by atoms with Crippen molar-refractivity contribution in [1.29, 1.82) is 0 Å². The highest BCUT2D eigenvalue weighted by Gasteiger charge is 2.37. The van der Waals surface area contributed by atoms with Crippen LogP contribution in [0, 0.1) is 11.3 Å². The lowest BCUT2D eigenvalue weighted by molar-refractivity contribution is -0.142. The lowest BCUT2D eigenvalue weighted by Crippen LogP contribution is -2.58. The number of piperazine rings is 1. The van der Waals surface area contributed by atoms with Crippen LogP contribution in [0.5, 0.6) is 0 Å². The summed E-state index contributed by atoms with van der Waals surface area (Å²) in [7, 11) is 1.73. The van der Waals surface area contributed by atoms with E-state index >= 15 is 0 Å². The largest absolute Gasteiger partial charge is 0.358 e. The number of nitrogens with zero attached hydrogens (tertiary/aromatic N) is 2. The Morgan fingerprint density at radius 1 is 1.05 bits per heavy atom. The molecule has 2 aliphatic rings. The summed E-state index contributed by atoms with van der Waals surface area (Å²) in [4.78, 5) is 29.0. The summed E-state index contributed by atoms with van der Waals surface area (Å²) in [5, 5.41) is 2.84. The van der Waals surface area contributed by atoms with Gasteiger partial charge in [-0.3, -0.25) is 14.5 Å². The monoisotopic (exact) mass is 309 g/mol. The molecular formula is C17H31N3O2. The quantitative estimate of drug-likeness (QED) is 0.859. The van der Waals surface area contributed by atoms with Crippen molar-refractivity contribution in [3.8, 4) is 0 Å². The van der Waals surface area contributed by atoms with Crippen LogP contribution in [0.3, 0.4) is 0 Å². The highest BCUT2D eigenvalue weighted by molar-refractivity contribution is 5.82. The van der Waals surface area contributed by atoms with E-state index in [9.17, 15) is 9.59 Å². The zero-order valence-electron chi connectivity index (χ0n) is 14.5. The van der Waals surface area contributed by atoms with E-state index in [4.69, 9.17) is 0 Å². The second-order valence-electron chi connectivity index (χ2n) is 7.68. The zero-order valence-corrected chi connectivity index (χ0v) is 14.5. The number of amides is 2. The van der Waals surface area contributed by atoms with Crippen LogP contribution in [0.4, 0.5) is 0 Å². The molecule has 0 spiro atoms. The molecule has 1 N–H and O–H groups in total. The maximum atomic E-state index is 12.4. The molecular weight excluding hydrogens is 278 g/mol. The van der Waals surface area contributed by atoms with E-state index in [1.54, 1.807) is 7.05 Å². The maximum Gasteiger partial charge on any atom is 0.237 e. The topological polar surface area (TPSA) is 52.7 Å². The third-order valence-corrected chi connectivity index (χ3v) is 5.00. The Morgan fingerprint density at radius 3 is 2.05 bits per heavy atom. The molecule has 1 heterocycles. The Balaban J connectivity index is 1.98. The van der Waals surface area contributed by atoms with Crippen molar-refractivity contribution in [2.75, 3.05) is 33.2 Å². The summed E-state index contributed by atoms with van der Waals surface area (Å²) in [5.74, 6) is 0.830. The Bertz CT molecular complexity index is 403. The van der Waals surface area contributed by atoms with Crippen LogP contribution in [0.25, 0.3) is 0 Å². The molecule has 2 amide bonds. The smallest absolute Gasteiger partial charge is 0.237 e. The van der Waals surface area contributed by atoms with Crippen molar-refractivity contribution in [3.63, 3.8) is 0 Å². The van der Waals surface area contributed by atoms with E-state index < -0.39 is 0 Å². The third kappa shape index (κ3) is 3.80. The molecule has 0 aromatic heterocycles. The van der Waals surface area contributed by atoms with Gasteiger partial charge in [0.05, 0.1) is 6.04 Å². The molecule has 2 fully saturated rings. The first kappa shape index (κ1) is 17.3. The van der Waals surface area contributed by atoms with E-state index in [1.807, 2.05) is 25.7 Å². The number of carbonyl (C=O) groups is 2. The predicted octanol–water partition coefficient (Wildman–Crippen LogP) is 1.48. The molecule has 1 unspecified atom stereocenters. The molecule has 126 valence electrons. The first-order chi connectivity index (χ1) is 10.3. The van der Waals surface area contributed by atoms with Gasteiger partial charge in [-0.2, -0.15) is 0 Å². The standard InChI is InChI=1S/C17H31N3O2/c1-17(2,3)16(22)20-11-9-19(10-12-20)14(15(21)18-4)13-7-5-6-8-13/h13-14H,5-12H2,1-4H3,(H,18,21). The van der Waals surface area contributed by atoms with E-state index in [2.05, 4.69) is 10.2 Å². The summed E-state index contributed by atoms with van der Waals surface area (Å²) < 4.78 is 0. The fourth-order valence-corrected chi connectivity index (χ4v) is 3.78. The third-order valence-electron chi connectivity index (χ3n) is 5.00. The molecule has 1 saturated heterocycles. The molecule has 1 atom stereocenters. The summed E-state index contributed by atoms with van der Waals surface area (Å²) in [6.07, 6.45) is 4.78. The van der Waals surface area contributed by atoms with Gasteiger partial charge in [0.15, 0.2) is 0 Å². The van der Waals surface area contributed by atoms with Gasteiger partial charge in [0, 0.05) is 38.6 Å².